The molecule has 0 spiro atoms. The van der Waals surface area contributed by atoms with Gasteiger partial charge in [-0.1, -0.05) is 12.0 Å². The van der Waals surface area contributed by atoms with Crippen molar-refractivity contribution in [2.75, 3.05) is 18.5 Å². The summed E-state index contributed by atoms with van der Waals surface area (Å²) in [6.07, 6.45) is 5.25. The average molecular weight is 446 g/mol. The molecule has 5 rings (SSSR count). The number of anilines is 1. The third kappa shape index (κ3) is 4.42. The first kappa shape index (κ1) is 21.4. The van der Waals surface area contributed by atoms with Crippen molar-refractivity contribution in [1.29, 1.82) is 0 Å². The number of amides is 1. The molecule has 2 N–H and O–H groups in total. The first-order valence-corrected chi connectivity index (χ1v) is 10.9. The van der Waals surface area contributed by atoms with Crippen LogP contribution in [0.2, 0.25) is 0 Å². The Morgan fingerprint density at radius 2 is 1.94 bits per heavy atom. The van der Waals surface area contributed by atoms with Crippen LogP contribution in [0.4, 0.5) is 10.2 Å². The summed E-state index contributed by atoms with van der Waals surface area (Å²) in [7, 11) is 0. The number of aromatic nitrogens is 3. The van der Waals surface area contributed by atoms with Crippen LogP contribution in [-0.4, -0.2) is 45.4 Å². The van der Waals surface area contributed by atoms with Crippen molar-refractivity contribution >= 4 is 22.5 Å². The van der Waals surface area contributed by atoms with Crippen molar-refractivity contribution in [3.63, 3.8) is 0 Å². The molecule has 3 aromatic heterocycles. The number of alkyl halides is 1. The summed E-state index contributed by atoms with van der Waals surface area (Å²) in [6.45, 7) is 2.93. The second-order valence-corrected chi connectivity index (χ2v) is 8.55. The predicted octanol–water partition coefficient (Wildman–Crippen LogP) is 3.03. The molecule has 3 aromatic rings. The number of carbonyl (C=O) groups is 1. The Morgan fingerprint density at radius 1 is 1.15 bits per heavy atom. The number of nitrogens with zero attached hydrogens (tertiary/aromatic N) is 3. The maximum Gasteiger partial charge on any atom is 0.231 e. The molecule has 1 aliphatic carbocycles. The van der Waals surface area contributed by atoms with Crippen molar-refractivity contribution in [3.8, 4) is 11.8 Å². The zero-order valence-corrected chi connectivity index (χ0v) is 18.1. The Hall–Kier alpha value is -3.41. The number of hydrogen-bond acceptors (Lipinski definition) is 6. The van der Waals surface area contributed by atoms with Crippen LogP contribution in [0.25, 0.3) is 10.8 Å². The number of carbonyl (C=O) groups excluding carboxylic acids is 1. The molecule has 0 unspecified atom stereocenters. The van der Waals surface area contributed by atoms with E-state index < -0.39 is 17.7 Å². The molecule has 1 aliphatic heterocycles. The maximum atomic E-state index is 13.2. The Balaban J connectivity index is 1.41. The summed E-state index contributed by atoms with van der Waals surface area (Å²) >= 11 is 0. The van der Waals surface area contributed by atoms with Crippen molar-refractivity contribution in [2.24, 2.45) is 5.92 Å². The van der Waals surface area contributed by atoms with Crippen LogP contribution >= 0.6 is 0 Å². The van der Waals surface area contributed by atoms with Gasteiger partial charge in [-0.15, -0.1) is 0 Å². The minimum absolute atomic E-state index is 0.260. The first-order chi connectivity index (χ1) is 15.9. The van der Waals surface area contributed by atoms with Crippen LogP contribution in [0.15, 0.2) is 36.8 Å². The molecular formula is C25H23FN4O3. The third-order valence-electron chi connectivity index (χ3n) is 6.22. The van der Waals surface area contributed by atoms with Gasteiger partial charge >= 0.3 is 0 Å². The Labute approximate surface area is 190 Å². The van der Waals surface area contributed by atoms with Crippen LogP contribution in [0.5, 0.6) is 0 Å². The summed E-state index contributed by atoms with van der Waals surface area (Å²) < 4.78 is 18.5. The zero-order chi connectivity index (χ0) is 23.0. The molecular weight excluding hydrogens is 423 g/mol. The number of hydrogen-bond donors (Lipinski definition) is 2. The predicted molar refractivity (Wildman–Crippen MR) is 120 cm³/mol. The highest BCUT2D eigenvalue weighted by molar-refractivity contribution is 5.97. The Morgan fingerprint density at radius 3 is 2.64 bits per heavy atom. The van der Waals surface area contributed by atoms with Gasteiger partial charge < -0.3 is 15.2 Å². The first-order valence-electron chi connectivity index (χ1n) is 10.9. The van der Waals surface area contributed by atoms with Crippen molar-refractivity contribution in [3.05, 3.63) is 59.3 Å². The lowest BCUT2D eigenvalue weighted by atomic mass is 9.87. The fourth-order valence-electron chi connectivity index (χ4n) is 3.96. The zero-order valence-electron chi connectivity index (χ0n) is 18.1. The normalized spacial score (nSPS) is 21.2. The second-order valence-electron chi connectivity index (χ2n) is 8.55. The van der Waals surface area contributed by atoms with E-state index in [1.165, 1.54) is 0 Å². The molecule has 1 saturated heterocycles. The standard InChI is InChI=1S/C25H23FN4O3/c1-15-21-14-29-23(30-24(31)20-10-22(20)26)11-19(21)16(12-27-15)2-4-18-5-3-17(13-28-18)25(32)6-8-33-9-7-25/h3,5,11-14,20,22,32H,6-10H2,1H3,(H,29,30,31)/t20-,22+/m0/s1. The van der Waals surface area contributed by atoms with E-state index in [2.05, 4.69) is 32.1 Å². The maximum absolute atomic E-state index is 13.2. The van der Waals surface area contributed by atoms with Crippen molar-refractivity contribution in [1.82, 2.24) is 15.0 Å². The van der Waals surface area contributed by atoms with Crippen LogP contribution in [0, 0.1) is 24.7 Å². The van der Waals surface area contributed by atoms with Gasteiger partial charge in [-0.05, 0) is 31.4 Å². The summed E-state index contributed by atoms with van der Waals surface area (Å²) in [5.74, 6) is 5.56. The SMILES string of the molecule is Cc1ncc(C#Cc2ccc(C3(O)CCOCC3)cn2)c2cc(NC(=O)[C@H]3C[C@H]3F)ncc12. The fourth-order valence-corrected chi connectivity index (χ4v) is 3.96. The monoisotopic (exact) mass is 446 g/mol. The topological polar surface area (TPSA) is 97.2 Å². The molecule has 0 aromatic carbocycles. The highest BCUT2D eigenvalue weighted by Gasteiger charge is 2.43. The number of nitrogens with one attached hydrogen (secondary N) is 1. The second kappa shape index (κ2) is 8.50. The number of fused-ring (bicyclic) bond motifs is 1. The van der Waals surface area contributed by atoms with Gasteiger partial charge in [0.2, 0.25) is 5.91 Å². The van der Waals surface area contributed by atoms with Crippen molar-refractivity contribution < 1.29 is 19.0 Å². The molecule has 2 fully saturated rings. The molecule has 2 aliphatic rings. The highest BCUT2D eigenvalue weighted by atomic mass is 19.1. The van der Waals surface area contributed by atoms with Crippen LogP contribution in [-0.2, 0) is 15.1 Å². The lowest BCUT2D eigenvalue weighted by Crippen LogP contribution is -2.33. The molecule has 0 radical (unpaired) electrons. The summed E-state index contributed by atoms with van der Waals surface area (Å²) in [6, 6.07) is 5.37. The van der Waals surface area contributed by atoms with Crippen molar-refractivity contribution in [2.45, 2.75) is 38.0 Å². The van der Waals surface area contributed by atoms with Crippen LogP contribution in [0.1, 0.15) is 41.8 Å². The summed E-state index contributed by atoms with van der Waals surface area (Å²) in [5.41, 5.74) is 1.87. The number of rotatable bonds is 3. The molecule has 8 heteroatoms. The number of aliphatic hydroxyl groups is 1. The Bertz CT molecular complexity index is 1280. The molecule has 4 heterocycles. The number of ether oxygens (including phenoxy) is 1. The summed E-state index contributed by atoms with van der Waals surface area (Å²) in [4.78, 5) is 25.2. The van der Waals surface area contributed by atoms with E-state index in [1.807, 2.05) is 13.0 Å². The smallest absolute Gasteiger partial charge is 0.231 e. The van der Waals surface area contributed by atoms with Crippen LogP contribution in [0.3, 0.4) is 0 Å². The largest absolute Gasteiger partial charge is 0.385 e. The average Bonchev–Trinajstić information content (AvgIpc) is 3.56. The van der Waals surface area contributed by atoms with E-state index in [1.54, 1.807) is 30.7 Å². The quantitative estimate of drug-likeness (QED) is 0.601. The lowest BCUT2D eigenvalue weighted by Gasteiger charge is -2.32. The third-order valence-corrected chi connectivity index (χ3v) is 6.22. The highest BCUT2D eigenvalue weighted by Crippen LogP contribution is 2.35. The van der Waals surface area contributed by atoms with E-state index in [-0.39, 0.29) is 12.3 Å². The van der Waals surface area contributed by atoms with Gasteiger partial charge in [0.1, 0.15) is 17.7 Å². The van der Waals surface area contributed by atoms with E-state index in [0.29, 0.717) is 43.1 Å². The van der Waals surface area contributed by atoms with Gasteiger partial charge in [0.15, 0.2) is 0 Å². The molecule has 1 amide bonds. The summed E-state index contributed by atoms with van der Waals surface area (Å²) in [5, 5.41) is 15.1. The Kier molecular flexibility index (Phi) is 5.52. The number of halogens is 1. The molecule has 2 atom stereocenters. The minimum Gasteiger partial charge on any atom is -0.385 e. The molecule has 168 valence electrons. The van der Waals surface area contributed by atoms with Gasteiger partial charge in [-0.25, -0.2) is 14.4 Å². The van der Waals surface area contributed by atoms with Gasteiger partial charge in [0, 0.05) is 66.7 Å². The van der Waals surface area contributed by atoms with Gasteiger partial charge in [0.25, 0.3) is 0 Å². The number of pyridine rings is 3. The van der Waals surface area contributed by atoms with E-state index in [0.717, 1.165) is 22.0 Å². The fraction of sp³-hybridized carbons (Fsp3) is 0.360. The van der Waals surface area contributed by atoms with E-state index >= 15 is 0 Å². The molecule has 0 bridgehead atoms. The van der Waals surface area contributed by atoms with Gasteiger partial charge in [0.05, 0.1) is 17.1 Å². The van der Waals surface area contributed by atoms with Gasteiger partial charge in [-0.3, -0.25) is 9.78 Å². The molecule has 1 saturated carbocycles. The lowest BCUT2D eigenvalue weighted by molar-refractivity contribution is -0.117. The minimum atomic E-state index is -1.07. The molecule has 33 heavy (non-hydrogen) atoms. The number of aryl methyl sites for hydroxylation is 1. The van der Waals surface area contributed by atoms with E-state index in [4.69, 9.17) is 4.74 Å². The molecule has 7 nitrogen and oxygen atoms in total. The van der Waals surface area contributed by atoms with Gasteiger partial charge in [-0.2, -0.15) is 0 Å². The van der Waals surface area contributed by atoms with Crippen LogP contribution < -0.4 is 5.32 Å². The van der Waals surface area contributed by atoms with E-state index in [9.17, 15) is 14.3 Å².